The standard InChI is InChI=1S/C26H23ClN6O/c1-31(25-23-10-7-20(27)16-24(23)33-17-28-30-26(33)29-25)22-4-2-3-19(15-22)18-5-8-21(9-6-18)32-11-13-34-14-12-32/h2-10,15-17H,11-14H2,1H3. The average Bonchev–Trinajstić information content (AvgIpc) is 3.38. The van der Waals surface area contributed by atoms with Crippen LogP contribution in [0.4, 0.5) is 17.2 Å². The summed E-state index contributed by atoms with van der Waals surface area (Å²) in [6.07, 6.45) is 1.66. The molecule has 170 valence electrons. The fourth-order valence-corrected chi connectivity index (χ4v) is 4.65. The Labute approximate surface area is 202 Å². The number of aromatic nitrogens is 4. The highest BCUT2D eigenvalue weighted by atomic mass is 35.5. The van der Waals surface area contributed by atoms with E-state index < -0.39 is 0 Å². The Bertz CT molecular complexity index is 1480. The molecule has 8 heteroatoms. The van der Waals surface area contributed by atoms with Gasteiger partial charge in [0, 0.05) is 41.9 Å². The number of ether oxygens (including phenoxy) is 1. The second kappa shape index (κ2) is 8.59. The lowest BCUT2D eigenvalue weighted by Crippen LogP contribution is -2.36. The van der Waals surface area contributed by atoms with Gasteiger partial charge in [0.05, 0.1) is 18.7 Å². The summed E-state index contributed by atoms with van der Waals surface area (Å²) in [4.78, 5) is 9.23. The number of morpholine rings is 1. The maximum Gasteiger partial charge on any atom is 0.257 e. The number of halogens is 1. The van der Waals surface area contributed by atoms with E-state index in [2.05, 4.69) is 68.5 Å². The van der Waals surface area contributed by atoms with Gasteiger partial charge < -0.3 is 14.5 Å². The van der Waals surface area contributed by atoms with Crippen molar-refractivity contribution < 1.29 is 4.74 Å². The average molecular weight is 471 g/mol. The molecule has 7 nitrogen and oxygen atoms in total. The van der Waals surface area contributed by atoms with Crippen LogP contribution in [0.2, 0.25) is 5.02 Å². The van der Waals surface area contributed by atoms with Crippen LogP contribution < -0.4 is 9.80 Å². The van der Waals surface area contributed by atoms with Crippen molar-refractivity contribution in [1.29, 1.82) is 0 Å². The SMILES string of the molecule is CN(c1cccc(-c2ccc(N3CCOCC3)cc2)c1)c1nc2nncn2c2cc(Cl)ccc12. The van der Waals surface area contributed by atoms with E-state index in [-0.39, 0.29) is 0 Å². The number of fused-ring (bicyclic) bond motifs is 3. The minimum Gasteiger partial charge on any atom is -0.378 e. The minimum absolute atomic E-state index is 0.534. The van der Waals surface area contributed by atoms with E-state index >= 15 is 0 Å². The molecular formula is C26H23ClN6O. The van der Waals surface area contributed by atoms with Gasteiger partial charge in [-0.05, 0) is 53.6 Å². The Kier molecular flexibility index (Phi) is 5.28. The number of nitrogens with zero attached hydrogens (tertiary/aromatic N) is 6. The largest absolute Gasteiger partial charge is 0.378 e. The second-order valence-electron chi connectivity index (χ2n) is 8.35. The molecule has 0 unspecified atom stereocenters. The van der Waals surface area contributed by atoms with Crippen molar-refractivity contribution in [2.45, 2.75) is 0 Å². The van der Waals surface area contributed by atoms with Gasteiger partial charge >= 0.3 is 0 Å². The molecular weight excluding hydrogens is 448 g/mol. The third-order valence-corrected chi connectivity index (χ3v) is 6.56. The van der Waals surface area contributed by atoms with Crippen molar-refractivity contribution in [3.63, 3.8) is 0 Å². The number of rotatable bonds is 4. The first-order valence-corrected chi connectivity index (χ1v) is 11.6. The molecule has 3 heterocycles. The van der Waals surface area contributed by atoms with Gasteiger partial charge in [0.2, 0.25) is 0 Å². The molecule has 0 saturated carbocycles. The summed E-state index contributed by atoms with van der Waals surface area (Å²) in [6, 6.07) is 23.0. The van der Waals surface area contributed by atoms with E-state index in [1.807, 2.05) is 29.6 Å². The topological polar surface area (TPSA) is 58.8 Å². The number of anilines is 3. The molecule has 0 atom stereocenters. The quantitative estimate of drug-likeness (QED) is 0.359. The van der Waals surface area contributed by atoms with Crippen molar-refractivity contribution >= 4 is 45.5 Å². The van der Waals surface area contributed by atoms with Crippen LogP contribution in [0.1, 0.15) is 0 Å². The van der Waals surface area contributed by atoms with Crippen LogP contribution >= 0.6 is 11.6 Å². The van der Waals surface area contributed by atoms with E-state index in [0.29, 0.717) is 10.8 Å². The van der Waals surface area contributed by atoms with Crippen LogP contribution in [-0.2, 0) is 4.74 Å². The molecule has 0 radical (unpaired) electrons. The second-order valence-corrected chi connectivity index (χ2v) is 8.79. The van der Waals surface area contributed by atoms with Gasteiger partial charge in [0.25, 0.3) is 5.78 Å². The molecule has 0 bridgehead atoms. The fraction of sp³-hybridized carbons (Fsp3) is 0.192. The maximum atomic E-state index is 6.29. The first kappa shape index (κ1) is 20.9. The van der Waals surface area contributed by atoms with E-state index in [4.69, 9.17) is 21.3 Å². The molecule has 5 aromatic rings. The van der Waals surface area contributed by atoms with Crippen LogP contribution in [0.3, 0.4) is 0 Å². The Hall–Kier alpha value is -3.68. The molecule has 1 fully saturated rings. The van der Waals surface area contributed by atoms with Crippen LogP contribution in [0.5, 0.6) is 0 Å². The highest BCUT2D eigenvalue weighted by molar-refractivity contribution is 6.31. The van der Waals surface area contributed by atoms with E-state index in [0.717, 1.165) is 54.3 Å². The molecule has 0 amide bonds. The molecule has 6 rings (SSSR count). The van der Waals surface area contributed by atoms with Gasteiger partial charge in [-0.25, -0.2) is 0 Å². The minimum atomic E-state index is 0.534. The first-order chi connectivity index (χ1) is 16.7. The first-order valence-electron chi connectivity index (χ1n) is 11.2. The predicted molar refractivity (Wildman–Crippen MR) is 136 cm³/mol. The summed E-state index contributed by atoms with van der Waals surface area (Å²) in [6.45, 7) is 3.43. The van der Waals surface area contributed by atoms with E-state index in [1.165, 1.54) is 11.3 Å². The fourth-order valence-electron chi connectivity index (χ4n) is 4.48. The van der Waals surface area contributed by atoms with Gasteiger partial charge in [-0.1, -0.05) is 35.9 Å². The molecule has 3 aromatic carbocycles. The van der Waals surface area contributed by atoms with Crippen molar-refractivity contribution in [3.05, 3.63) is 78.1 Å². The van der Waals surface area contributed by atoms with Crippen molar-refractivity contribution in [1.82, 2.24) is 19.6 Å². The number of hydrogen-bond acceptors (Lipinski definition) is 6. The summed E-state index contributed by atoms with van der Waals surface area (Å²) in [5.41, 5.74) is 5.50. The number of hydrogen-bond donors (Lipinski definition) is 0. The third kappa shape index (κ3) is 3.73. The lowest BCUT2D eigenvalue weighted by Gasteiger charge is -2.29. The van der Waals surface area contributed by atoms with Crippen molar-refractivity contribution in [3.8, 4) is 11.1 Å². The van der Waals surface area contributed by atoms with Crippen LogP contribution in [0.25, 0.3) is 27.8 Å². The Morgan fingerprint density at radius 2 is 1.76 bits per heavy atom. The third-order valence-electron chi connectivity index (χ3n) is 6.32. The monoisotopic (exact) mass is 470 g/mol. The zero-order valence-electron chi connectivity index (χ0n) is 18.7. The van der Waals surface area contributed by atoms with E-state index in [1.54, 1.807) is 6.33 Å². The normalized spacial score (nSPS) is 14.1. The lowest BCUT2D eigenvalue weighted by atomic mass is 10.0. The zero-order valence-corrected chi connectivity index (χ0v) is 19.5. The smallest absolute Gasteiger partial charge is 0.257 e. The Balaban J connectivity index is 1.36. The molecule has 1 aliphatic heterocycles. The summed E-state index contributed by atoms with van der Waals surface area (Å²) < 4.78 is 7.32. The molecule has 1 aliphatic rings. The van der Waals surface area contributed by atoms with Gasteiger partial charge in [0.1, 0.15) is 12.1 Å². The molecule has 34 heavy (non-hydrogen) atoms. The molecule has 0 N–H and O–H groups in total. The van der Waals surface area contributed by atoms with Gasteiger partial charge in [0.15, 0.2) is 0 Å². The number of benzene rings is 3. The van der Waals surface area contributed by atoms with Gasteiger partial charge in [-0.15, -0.1) is 10.2 Å². The van der Waals surface area contributed by atoms with Crippen LogP contribution in [-0.4, -0.2) is 52.9 Å². The molecule has 2 aromatic heterocycles. The maximum absolute atomic E-state index is 6.29. The predicted octanol–water partition coefficient (Wildman–Crippen LogP) is 5.20. The summed E-state index contributed by atoms with van der Waals surface area (Å²) in [5.74, 6) is 1.33. The Morgan fingerprint density at radius 1 is 0.941 bits per heavy atom. The molecule has 0 aliphatic carbocycles. The van der Waals surface area contributed by atoms with Crippen LogP contribution in [0, 0.1) is 0 Å². The summed E-state index contributed by atoms with van der Waals surface area (Å²) >= 11 is 6.29. The highest BCUT2D eigenvalue weighted by Gasteiger charge is 2.16. The Morgan fingerprint density at radius 3 is 2.59 bits per heavy atom. The highest BCUT2D eigenvalue weighted by Crippen LogP contribution is 2.33. The lowest BCUT2D eigenvalue weighted by molar-refractivity contribution is 0.122. The van der Waals surface area contributed by atoms with Crippen molar-refractivity contribution in [2.24, 2.45) is 0 Å². The zero-order chi connectivity index (χ0) is 23.1. The van der Waals surface area contributed by atoms with Gasteiger partial charge in [-0.3, -0.25) is 4.40 Å². The van der Waals surface area contributed by atoms with Crippen molar-refractivity contribution in [2.75, 3.05) is 43.2 Å². The molecule has 1 saturated heterocycles. The summed E-state index contributed by atoms with van der Waals surface area (Å²) in [7, 11) is 2.02. The van der Waals surface area contributed by atoms with Crippen LogP contribution in [0.15, 0.2) is 73.1 Å². The summed E-state index contributed by atoms with van der Waals surface area (Å²) in [5, 5.41) is 9.82. The molecule has 0 spiro atoms. The van der Waals surface area contributed by atoms with E-state index in [9.17, 15) is 0 Å². The van der Waals surface area contributed by atoms with Gasteiger partial charge in [-0.2, -0.15) is 4.98 Å².